The highest BCUT2D eigenvalue weighted by molar-refractivity contribution is 6.07. The third-order valence-corrected chi connectivity index (χ3v) is 5.13. The second-order valence-electron chi connectivity index (χ2n) is 7.15. The first-order chi connectivity index (χ1) is 15.3. The van der Waals surface area contributed by atoms with Crippen LogP contribution in [0.15, 0.2) is 70.2 Å². The molecule has 1 N–H and O–H groups in total. The lowest BCUT2D eigenvalue weighted by molar-refractivity contribution is -0.384. The second kappa shape index (κ2) is 7.99. The van der Waals surface area contributed by atoms with Crippen molar-refractivity contribution < 1.29 is 23.7 Å². The Morgan fingerprint density at radius 3 is 2.41 bits per heavy atom. The lowest BCUT2D eigenvalue weighted by Gasteiger charge is -2.21. The summed E-state index contributed by atoms with van der Waals surface area (Å²) in [6, 6.07) is 15.3. The average Bonchev–Trinajstić information content (AvgIpc) is 3.35. The molecule has 1 aliphatic heterocycles. The highest BCUT2D eigenvalue weighted by atomic mass is 16.6. The predicted molar refractivity (Wildman–Crippen MR) is 114 cm³/mol. The van der Waals surface area contributed by atoms with Gasteiger partial charge in [0.15, 0.2) is 0 Å². The molecule has 2 heterocycles. The number of nitro groups is 1. The van der Waals surface area contributed by atoms with Crippen LogP contribution in [-0.4, -0.2) is 35.2 Å². The zero-order chi connectivity index (χ0) is 22.9. The Hall–Kier alpha value is -4.47. The van der Waals surface area contributed by atoms with Crippen LogP contribution in [0.5, 0.6) is 5.75 Å². The Balaban J connectivity index is 1.51. The molecule has 0 saturated carbocycles. The van der Waals surface area contributed by atoms with Gasteiger partial charge >= 0.3 is 6.03 Å². The SMILES string of the molecule is COc1ccc([C@@]2(C)NC(=O)N(/N=C\c3ccc(-c4ccc([N+](=O)[O-])cc4)o3)C2=O)cc1. The lowest BCUT2D eigenvalue weighted by Crippen LogP contribution is -2.40. The van der Waals surface area contributed by atoms with E-state index >= 15 is 0 Å². The minimum atomic E-state index is -1.27. The summed E-state index contributed by atoms with van der Waals surface area (Å²) < 4.78 is 10.8. The molecule has 0 aliphatic carbocycles. The fraction of sp³-hybridized carbons (Fsp3) is 0.136. The van der Waals surface area contributed by atoms with Crippen molar-refractivity contribution in [2.24, 2.45) is 5.10 Å². The van der Waals surface area contributed by atoms with E-state index in [9.17, 15) is 19.7 Å². The number of carbonyl (C=O) groups excluding carboxylic acids is 2. The molecule has 1 aliphatic rings. The van der Waals surface area contributed by atoms with Gasteiger partial charge in [0.05, 0.1) is 18.2 Å². The number of furan rings is 1. The topological polar surface area (TPSA) is 127 Å². The monoisotopic (exact) mass is 434 g/mol. The number of nitro benzene ring substituents is 1. The summed E-state index contributed by atoms with van der Waals surface area (Å²) >= 11 is 0. The first-order valence-corrected chi connectivity index (χ1v) is 9.52. The number of urea groups is 1. The van der Waals surface area contributed by atoms with Gasteiger partial charge in [-0.05, 0) is 48.9 Å². The molecule has 1 fully saturated rings. The molecule has 0 bridgehead atoms. The van der Waals surface area contributed by atoms with Gasteiger partial charge in [-0.3, -0.25) is 14.9 Å². The van der Waals surface area contributed by atoms with Crippen LogP contribution in [0, 0.1) is 10.1 Å². The molecule has 1 atom stereocenters. The van der Waals surface area contributed by atoms with Gasteiger partial charge in [0.2, 0.25) is 0 Å². The third kappa shape index (κ3) is 3.69. The molecule has 0 spiro atoms. The molecular formula is C22H18N4O6. The molecule has 1 aromatic heterocycles. The maximum absolute atomic E-state index is 12.9. The van der Waals surface area contributed by atoms with Crippen LogP contribution in [-0.2, 0) is 10.3 Å². The van der Waals surface area contributed by atoms with E-state index in [4.69, 9.17) is 9.15 Å². The standard InChI is InChI=1S/C22H18N4O6/c1-22(15-5-9-17(31-2)10-6-15)20(27)25(21(28)24-22)23-13-18-11-12-19(32-18)14-3-7-16(8-4-14)26(29)30/h3-13H,1-2H3,(H,24,28)/b23-13-/t22-/m1/s1. The van der Waals surface area contributed by atoms with Crippen molar-refractivity contribution in [3.63, 3.8) is 0 Å². The van der Waals surface area contributed by atoms with Crippen molar-refractivity contribution in [2.45, 2.75) is 12.5 Å². The van der Waals surface area contributed by atoms with Gasteiger partial charge in [-0.25, -0.2) is 4.79 Å². The Morgan fingerprint density at radius 1 is 1.09 bits per heavy atom. The molecule has 0 radical (unpaired) electrons. The van der Waals surface area contributed by atoms with Gasteiger partial charge in [-0.2, -0.15) is 5.10 Å². The van der Waals surface area contributed by atoms with E-state index in [-0.39, 0.29) is 5.69 Å². The minimum Gasteiger partial charge on any atom is -0.497 e. The van der Waals surface area contributed by atoms with E-state index in [1.807, 2.05) is 0 Å². The summed E-state index contributed by atoms with van der Waals surface area (Å²) in [5.41, 5.74) is -0.0704. The molecule has 10 heteroatoms. The zero-order valence-electron chi connectivity index (χ0n) is 17.1. The average molecular weight is 434 g/mol. The van der Waals surface area contributed by atoms with Crippen LogP contribution in [0.2, 0.25) is 0 Å². The first kappa shape index (κ1) is 20.8. The summed E-state index contributed by atoms with van der Waals surface area (Å²) in [7, 11) is 1.54. The van der Waals surface area contributed by atoms with Crippen LogP contribution in [0.25, 0.3) is 11.3 Å². The first-order valence-electron chi connectivity index (χ1n) is 9.52. The summed E-state index contributed by atoms with van der Waals surface area (Å²) in [6.07, 6.45) is 1.26. The van der Waals surface area contributed by atoms with E-state index in [1.54, 1.807) is 55.5 Å². The number of carbonyl (C=O) groups is 2. The van der Waals surface area contributed by atoms with Crippen LogP contribution >= 0.6 is 0 Å². The number of non-ortho nitro benzene ring substituents is 1. The molecule has 4 rings (SSSR count). The number of hydrogen-bond donors (Lipinski definition) is 1. The number of ether oxygens (including phenoxy) is 1. The van der Waals surface area contributed by atoms with Gasteiger partial charge < -0.3 is 14.5 Å². The number of benzene rings is 2. The van der Waals surface area contributed by atoms with Crippen LogP contribution < -0.4 is 10.1 Å². The maximum Gasteiger partial charge on any atom is 0.346 e. The predicted octanol–water partition coefficient (Wildman–Crippen LogP) is 3.66. The number of hydrazone groups is 1. The molecule has 0 unspecified atom stereocenters. The minimum absolute atomic E-state index is 0.0273. The molecule has 3 amide bonds. The smallest absolute Gasteiger partial charge is 0.346 e. The Labute approximate surface area is 182 Å². The van der Waals surface area contributed by atoms with Gasteiger partial charge in [0.25, 0.3) is 11.6 Å². The van der Waals surface area contributed by atoms with E-state index in [2.05, 4.69) is 10.4 Å². The number of imide groups is 1. The number of methoxy groups -OCH3 is 1. The number of hydrogen-bond acceptors (Lipinski definition) is 7. The lowest BCUT2D eigenvalue weighted by atomic mass is 9.92. The maximum atomic E-state index is 12.9. The van der Waals surface area contributed by atoms with E-state index in [1.165, 1.54) is 25.5 Å². The van der Waals surface area contributed by atoms with Gasteiger partial charge in [-0.1, -0.05) is 12.1 Å². The van der Waals surface area contributed by atoms with Gasteiger partial charge in [0, 0.05) is 17.7 Å². The Bertz CT molecular complexity index is 1220. The second-order valence-corrected chi connectivity index (χ2v) is 7.15. The zero-order valence-corrected chi connectivity index (χ0v) is 17.1. The Kier molecular flexibility index (Phi) is 5.19. The molecule has 1 saturated heterocycles. The molecule has 3 aromatic rings. The largest absolute Gasteiger partial charge is 0.497 e. The van der Waals surface area contributed by atoms with Crippen molar-refractivity contribution in [3.8, 4) is 17.1 Å². The highest BCUT2D eigenvalue weighted by Crippen LogP contribution is 2.30. The molecule has 162 valence electrons. The van der Waals surface area contributed by atoms with Crippen LogP contribution in [0.4, 0.5) is 10.5 Å². The van der Waals surface area contributed by atoms with Crippen molar-refractivity contribution >= 4 is 23.8 Å². The number of rotatable bonds is 6. The third-order valence-electron chi connectivity index (χ3n) is 5.13. The highest BCUT2D eigenvalue weighted by Gasteiger charge is 2.49. The number of amides is 3. The summed E-state index contributed by atoms with van der Waals surface area (Å²) in [5, 5.41) is 18.2. The fourth-order valence-electron chi connectivity index (χ4n) is 3.29. The fourth-order valence-corrected chi connectivity index (χ4v) is 3.29. The summed E-state index contributed by atoms with van der Waals surface area (Å²) in [4.78, 5) is 35.6. The Morgan fingerprint density at radius 2 is 1.78 bits per heavy atom. The summed E-state index contributed by atoms with van der Waals surface area (Å²) in [6.45, 7) is 1.60. The van der Waals surface area contributed by atoms with E-state index < -0.39 is 22.4 Å². The molecule has 32 heavy (non-hydrogen) atoms. The van der Waals surface area contributed by atoms with Crippen molar-refractivity contribution in [2.75, 3.05) is 7.11 Å². The van der Waals surface area contributed by atoms with Gasteiger partial charge in [-0.15, -0.1) is 5.01 Å². The normalized spacial score (nSPS) is 18.2. The quantitative estimate of drug-likeness (QED) is 0.273. The molecular weight excluding hydrogens is 416 g/mol. The van der Waals surface area contributed by atoms with Crippen molar-refractivity contribution in [1.82, 2.24) is 10.3 Å². The number of nitrogens with one attached hydrogen (secondary N) is 1. The van der Waals surface area contributed by atoms with Crippen LogP contribution in [0.3, 0.4) is 0 Å². The van der Waals surface area contributed by atoms with Crippen molar-refractivity contribution in [3.05, 3.63) is 82.1 Å². The van der Waals surface area contributed by atoms with Crippen molar-refractivity contribution in [1.29, 1.82) is 0 Å². The number of nitrogens with zero attached hydrogens (tertiary/aromatic N) is 3. The van der Waals surface area contributed by atoms with Gasteiger partial charge in [0.1, 0.15) is 22.8 Å². The van der Waals surface area contributed by atoms with E-state index in [0.29, 0.717) is 28.4 Å². The molecule has 10 nitrogen and oxygen atoms in total. The summed E-state index contributed by atoms with van der Waals surface area (Å²) in [5.74, 6) is 0.857. The van der Waals surface area contributed by atoms with E-state index in [0.717, 1.165) is 5.01 Å². The van der Waals surface area contributed by atoms with Crippen LogP contribution in [0.1, 0.15) is 18.2 Å². The molecule has 2 aromatic carbocycles.